The smallest absolute Gasteiger partial charge is 0.348 e. The first-order chi connectivity index (χ1) is 9.93. The first-order valence-electron chi connectivity index (χ1n) is 6.69. The van der Waals surface area contributed by atoms with Crippen LogP contribution >= 0.6 is 0 Å². The first-order valence-corrected chi connectivity index (χ1v) is 6.69. The number of anilines is 1. The van der Waals surface area contributed by atoms with Gasteiger partial charge in [0.15, 0.2) is 0 Å². The van der Waals surface area contributed by atoms with Crippen molar-refractivity contribution in [2.75, 3.05) is 12.4 Å². The minimum absolute atomic E-state index is 0.0159. The standard InChI is InChI=1S/C15H18N2O4/c1-8(2)12(14(19)20-4)17-15-16-10-7-5-6-9(3)11(10)13(18)21-15/h5-8,12H,1-4H3,(H,16,17)/t12-/m0/s1. The minimum Gasteiger partial charge on any atom is -0.467 e. The van der Waals surface area contributed by atoms with E-state index in [1.807, 2.05) is 32.9 Å². The highest BCUT2D eigenvalue weighted by atomic mass is 16.5. The van der Waals surface area contributed by atoms with Gasteiger partial charge in [0.2, 0.25) is 0 Å². The molecular formula is C15H18N2O4. The van der Waals surface area contributed by atoms with E-state index in [0.29, 0.717) is 10.9 Å². The SMILES string of the molecule is COC(=O)[C@@H](Nc1nc2cccc(C)c2c(=O)o1)C(C)C. The van der Waals surface area contributed by atoms with Crippen LogP contribution in [0.2, 0.25) is 0 Å². The zero-order chi connectivity index (χ0) is 15.6. The molecule has 1 aromatic carbocycles. The van der Waals surface area contributed by atoms with Gasteiger partial charge >= 0.3 is 11.6 Å². The van der Waals surface area contributed by atoms with Crippen molar-refractivity contribution in [3.63, 3.8) is 0 Å². The third kappa shape index (κ3) is 3.04. The van der Waals surface area contributed by atoms with Gasteiger partial charge in [0, 0.05) is 0 Å². The van der Waals surface area contributed by atoms with Crippen molar-refractivity contribution >= 4 is 22.9 Å². The van der Waals surface area contributed by atoms with Gasteiger partial charge in [-0.1, -0.05) is 26.0 Å². The fourth-order valence-corrected chi connectivity index (χ4v) is 2.10. The Morgan fingerprint density at radius 2 is 2.10 bits per heavy atom. The third-order valence-corrected chi connectivity index (χ3v) is 3.27. The van der Waals surface area contributed by atoms with Crippen LogP contribution < -0.4 is 10.9 Å². The Labute approximate surface area is 122 Å². The average Bonchev–Trinajstić information content (AvgIpc) is 2.43. The lowest BCUT2D eigenvalue weighted by Gasteiger charge is -2.19. The van der Waals surface area contributed by atoms with Gasteiger partial charge in [-0.3, -0.25) is 0 Å². The lowest BCUT2D eigenvalue weighted by atomic mass is 10.1. The summed E-state index contributed by atoms with van der Waals surface area (Å²) in [6.07, 6.45) is 0. The Kier molecular flexibility index (Phi) is 4.26. The molecule has 6 heteroatoms. The normalized spacial score (nSPS) is 12.4. The molecule has 1 atom stereocenters. The Morgan fingerprint density at radius 3 is 2.71 bits per heavy atom. The van der Waals surface area contributed by atoms with Crippen molar-refractivity contribution in [1.29, 1.82) is 0 Å². The monoisotopic (exact) mass is 290 g/mol. The summed E-state index contributed by atoms with van der Waals surface area (Å²) in [4.78, 5) is 28.0. The molecule has 2 aromatic rings. The van der Waals surface area contributed by atoms with Crippen LogP contribution in [0.1, 0.15) is 19.4 Å². The number of methoxy groups -OCH3 is 1. The molecule has 0 bridgehead atoms. The molecule has 0 aliphatic heterocycles. The summed E-state index contributed by atoms with van der Waals surface area (Å²) in [6.45, 7) is 5.54. The number of ether oxygens (including phenoxy) is 1. The molecule has 0 saturated carbocycles. The molecule has 1 heterocycles. The molecular weight excluding hydrogens is 272 g/mol. The molecule has 0 saturated heterocycles. The van der Waals surface area contributed by atoms with E-state index in [1.54, 1.807) is 6.07 Å². The molecule has 0 radical (unpaired) electrons. The maximum Gasteiger partial charge on any atom is 0.348 e. The van der Waals surface area contributed by atoms with Crippen molar-refractivity contribution in [3.05, 3.63) is 34.2 Å². The zero-order valence-electron chi connectivity index (χ0n) is 12.5. The molecule has 6 nitrogen and oxygen atoms in total. The van der Waals surface area contributed by atoms with Crippen molar-refractivity contribution in [2.45, 2.75) is 26.8 Å². The Balaban J connectivity index is 2.44. The number of carbonyl (C=O) groups is 1. The predicted octanol–water partition coefficient (Wildman–Crippen LogP) is 2.11. The van der Waals surface area contributed by atoms with Gasteiger partial charge in [-0.25, -0.2) is 9.59 Å². The summed E-state index contributed by atoms with van der Waals surface area (Å²) >= 11 is 0. The van der Waals surface area contributed by atoms with Crippen LogP contribution in [0.4, 0.5) is 6.01 Å². The van der Waals surface area contributed by atoms with Gasteiger partial charge in [-0.2, -0.15) is 4.98 Å². The summed E-state index contributed by atoms with van der Waals surface area (Å²) in [5.74, 6) is -0.475. The fourth-order valence-electron chi connectivity index (χ4n) is 2.10. The van der Waals surface area contributed by atoms with E-state index in [4.69, 9.17) is 9.15 Å². The molecule has 0 fully saturated rings. The van der Waals surface area contributed by atoms with E-state index in [2.05, 4.69) is 10.3 Å². The second-order valence-corrected chi connectivity index (χ2v) is 5.16. The number of carbonyl (C=O) groups excluding carboxylic acids is 1. The number of esters is 1. The minimum atomic E-state index is -0.632. The number of rotatable bonds is 4. The lowest BCUT2D eigenvalue weighted by Crippen LogP contribution is -2.36. The summed E-state index contributed by atoms with van der Waals surface area (Å²) < 4.78 is 9.89. The van der Waals surface area contributed by atoms with Crippen LogP contribution in [0, 0.1) is 12.8 Å². The number of benzene rings is 1. The van der Waals surface area contributed by atoms with Gasteiger partial charge in [0.25, 0.3) is 6.01 Å². The fraction of sp³-hybridized carbons (Fsp3) is 0.400. The van der Waals surface area contributed by atoms with Gasteiger partial charge in [-0.05, 0) is 24.5 Å². The molecule has 0 amide bonds. The summed E-state index contributed by atoms with van der Waals surface area (Å²) in [7, 11) is 1.31. The molecule has 1 N–H and O–H groups in total. The van der Waals surface area contributed by atoms with E-state index >= 15 is 0 Å². The molecule has 1 aromatic heterocycles. The maximum atomic E-state index is 12.0. The molecule has 21 heavy (non-hydrogen) atoms. The van der Waals surface area contributed by atoms with Crippen LogP contribution in [0.3, 0.4) is 0 Å². The Bertz CT molecular complexity index is 721. The third-order valence-electron chi connectivity index (χ3n) is 3.27. The maximum absolute atomic E-state index is 12.0. The number of fused-ring (bicyclic) bond motifs is 1. The Hall–Kier alpha value is -2.37. The molecule has 0 aliphatic rings. The van der Waals surface area contributed by atoms with Crippen molar-refractivity contribution in [3.8, 4) is 0 Å². The molecule has 0 unspecified atom stereocenters. The highest BCUT2D eigenvalue weighted by Gasteiger charge is 2.24. The van der Waals surface area contributed by atoms with Crippen molar-refractivity contribution < 1.29 is 13.9 Å². The molecule has 2 rings (SSSR count). The lowest BCUT2D eigenvalue weighted by molar-refractivity contribution is -0.142. The largest absolute Gasteiger partial charge is 0.467 e. The zero-order valence-corrected chi connectivity index (χ0v) is 12.5. The van der Waals surface area contributed by atoms with Gasteiger partial charge in [-0.15, -0.1) is 0 Å². The Morgan fingerprint density at radius 1 is 1.38 bits per heavy atom. The van der Waals surface area contributed by atoms with Crippen LogP contribution in [-0.2, 0) is 9.53 Å². The van der Waals surface area contributed by atoms with Gasteiger partial charge < -0.3 is 14.5 Å². The number of aryl methyl sites for hydroxylation is 1. The molecule has 112 valence electrons. The molecule has 0 spiro atoms. The van der Waals surface area contributed by atoms with Gasteiger partial charge in [0.05, 0.1) is 18.0 Å². The quantitative estimate of drug-likeness (QED) is 0.868. The van der Waals surface area contributed by atoms with Crippen LogP contribution in [0.5, 0.6) is 0 Å². The summed E-state index contributed by atoms with van der Waals surface area (Å²) in [6, 6.07) is 4.75. The van der Waals surface area contributed by atoms with E-state index in [9.17, 15) is 9.59 Å². The van der Waals surface area contributed by atoms with Crippen molar-refractivity contribution in [2.24, 2.45) is 5.92 Å². The first kappa shape index (κ1) is 15.0. The van der Waals surface area contributed by atoms with E-state index in [-0.39, 0.29) is 11.9 Å². The second-order valence-electron chi connectivity index (χ2n) is 5.16. The number of aromatic nitrogens is 1. The highest BCUT2D eigenvalue weighted by molar-refractivity contribution is 5.82. The predicted molar refractivity (Wildman–Crippen MR) is 79.3 cm³/mol. The van der Waals surface area contributed by atoms with Crippen molar-refractivity contribution in [1.82, 2.24) is 4.98 Å². The number of hydrogen-bond acceptors (Lipinski definition) is 6. The number of nitrogens with one attached hydrogen (secondary N) is 1. The van der Waals surface area contributed by atoms with Gasteiger partial charge in [0.1, 0.15) is 6.04 Å². The number of nitrogens with zero attached hydrogens (tertiary/aromatic N) is 1. The van der Waals surface area contributed by atoms with Crippen LogP contribution in [0.25, 0.3) is 10.9 Å². The van der Waals surface area contributed by atoms with Crippen LogP contribution in [-0.4, -0.2) is 24.1 Å². The summed E-state index contributed by atoms with van der Waals surface area (Å²) in [5.41, 5.74) is 0.850. The summed E-state index contributed by atoms with van der Waals surface area (Å²) in [5, 5.41) is 3.28. The number of hydrogen-bond donors (Lipinski definition) is 1. The van der Waals surface area contributed by atoms with E-state index in [0.717, 1.165) is 5.56 Å². The average molecular weight is 290 g/mol. The second kappa shape index (κ2) is 5.95. The van der Waals surface area contributed by atoms with E-state index < -0.39 is 17.6 Å². The topological polar surface area (TPSA) is 81.4 Å². The highest BCUT2D eigenvalue weighted by Crippen LogP contribution is 2.16. The molecule has 0 aliphatic carbocycles. The van der Waals surface area contributed by atoms with E-state index in [1.165, 1.54) is 7.11 Å². The van der Waals surface area contributed by atoms with Crippen LogP contribution in [0.15, 0.2) is 27.4 Å².